The van der Waals surface area contributed by atoms with E-state index >= 15 is 0 Å². The van der Waals surface area contributed by atoms with Crippen LogP contribution < -0.4 is 15.0 Å². The molecule has 1 aliphatic rings. The van der Waals surface area contributed by atoms with Crippen LogP contribution in [0.3, 0.4) is 0 Å². The van der Waals surface area contributed by atoms with Gasteiger partial charge in [0.25, 0.3) is 0 Å². The average Bonchev–Trinajstić information content (AvgIpc) is 2.54. The highest BCUT2D eigenvalue weighted by atomic mass is 16.5. The van der Waals surface area contributed by atoms with Crippen LogP contribution in [-0.2, 0) is 11.3 Å². The molecule has 0 spiro atoms. The number of anilines is 1. The lowest BCUT2D eigenvalue weighted by Gasteiger charge is -2.30. The number of amides is 1. The zero-order valence-corrected chi connectivity index (χ0v) is 12.7. The number of nitrogens with one attached hydrogen (secondary N) is 1. The first-order chi connectivity index (χ1) is 10.7. The molecular formula is C18H20N2O2. The van der Waals surface area contributed by atoms with Gasteiger partial charge >= 0.3 is 0 Å². The van der Waals surface area contributed by atoms with Gasteiger partial charge in [-0.3, -0.25) is 4.79 Å². The van der Waals surface area contributed by atoms with Crippen molar-refractivity contribution < 1.29 is 9.53 Å². The van der Waals surface area contributed by atoms with Gasteiger partial charge in [0.05, 0.1) is 18.8 Å². The van der Waals surface area contributed by atoms with Crippen LogP contribution in [0.4, 0.5) is 5.69 Å². The summed E-state index contributed by atoms with van der Waals surface area (Å²) >= 11 is 0. The Hall–Kier alpha value is -2.49. The Morgan fingerprint density at radius 1 is 1.18 bits per heavy atom. The number of benzene rings is 2. The topological polar surface area (TPSA) is 41.6 Å². The van der Waals surface area contributed by atoms with E-state index in [9.17, 15) is 4.79 Å². The molecular weight excluding hydrogens is 276 g/mol. The van der Waals surface area contributed by atoms with Crippen molar-refractivity contribution in [1.82, 2.24) is 5.32 Å². The lowest BCUT2D eigenvalue weighted by atomic mass is 10.1. The minimum atomic E-state index is 0.0277. The van der Waals surface area contributed by atoms with Crippen LogP contribution in [0, 0.1) is 6.92 Å². The molecule has 1 heterocycles. The number of ether oxygens (including phenoxy) is 1. The molecule has 2 aromatic carbocycles. The Kier molecular flexibility index (Phi) is 4.28. The third-order valence-corrected chi connectivity index (χ3v) is 3.90. The van der Waals surface area contributed by atoms with Crippen LogP contribution >= 0.6 is 0 Å². The van der Waals surface area contributed by atoms with E-state index in [2.05, 4.69) is 23.2 Å². The summed E-state index contributed by atoms with van der Waals surface area (Å²) in [6.45, 7) is 4.32. The van der Waals surface area contributed by atoms with E-state index in [1.807, 2.05) is 42.5 Å². The van der Waals surface area contributed by atoms with Crippen LogP contribution in [0.1, 0.15) is 11.1 Å². The fourth-order valence-corrected chi connectivity index (χ4v) is 2.62. The van der Waals surface area contributed by atoms with Gasteiger partial charge in [0.1, 0.15) is 12.4 Å². The molecule has 0 bridgehead atoms. The Balaban J connectivity index is 1.60. The van der Waals surface area contributed by atoms with Crippen LogP contribution in [0.5, 0.6) is 5.75 Å². The van der Waals surface area contributed by atoms with Crippen molar-refractivity contribution in [3.8, 4) is 5.75 Å². The van der Waals surface area contributed by atoms with Crippen molar-refractivity contribution in [3.05, 3.63) is 59.7 Å². The number of aryl methyl sites for hydroxylation is 1. The van der Waals surface area contributed by atoms with Gasteiger partial charge < -0.3 is 15.0 Å². The number of hydrogen-bond donors (Lipinski definition) is 1. The van der Waals surface area contributed by atoms with Gasteiger partial charge in [-0.2, -0.15) is 0 Å². The second-order valence-electron chi connectivity index (χ2n) is 5.44. The molecule has 0 unspecified atom stereocenters. The molecule has 0 atom stereocenters. The zero-order chi connectivity index (χ0) is 15.4. The van der Waals surface area contributed by atoms with Crippen LogP contribution in [-0.4, -0.2) is 25.6 Å². The Bertz CT molecular complexity index is 670. The number of fused-ring (bicyclic) bond motifs is 1. The fourth-order valence-electron chi connectivity index (χ4n) is 2.62. The molecule has 1 amide bonds. The first kappa shape index (κ1) is 14.4. The molecule has 0 radical (unpaired) electrons. The quantitative estimate of drug-likeness (QED) is 0.942. The van der Waals surface area contributed by atoms with Crippen molar-refractivity contribution in [2.24, 2.45) is 0 Å². The summed E-state index contributed by atoms with van der Waals surface area (Å²) in [5.74, 6) is 0.875. The number of para-hydroxylation sites is 2. The van der Waals surface area contributed by atoms with Crippen LogP contribution in [0.15, 0.2) is 48.5 Å². The van der Waals surface area contributed by atoms with E-state index in [1.54, 1.807) is 0 Å². The minimum Gasteiger partial charge on any atom is -0.490 e. The third kappa shape index (κ3) is 3.22. The van der Waals surface area contributed by atoms with Gasteiger partial charge in [-0.05, 0) is 30.2 Å². The number of carbonyl (C=O) groups is 1. The second-order valence-corrected chi connectivity index (χ2v) is 5.44. The maximum atomic E-state index is 12.2. The maximum Gasteiger partial charge on any atom is 0.239 e. The van der Waals surface area contributed by atoms with Gasteiger partial charge in [0, 0.05) is 6.54 Å². The Morgan fingerprint density at radius 3 is 2.82 bits per heavy atom. The zero-order valence-electron chi connectivity index (χ0n) is 12.7. The van der Waals surface area contributed by atoms with Gasteiger partial charge in [-0.1, -0.05) is 36.4 Å². The molecule has 1 N–H and O–H groups in total. The molecule has 1 aliphatic heterocycles. The van der Waals surface area contributed by atoms with E-state index in [0.29, 0.717) is 19.7 Å². The highest BCUT2D eigenvalue weighted by Crippen LogP contribution is 2.30. The van der Waals surface area contributed by atoms with Gasteiger partial charge in [-0.15, -0.1) is 0 Å². The molecule has 114 valence electrons. The molecule has 4 nitrogen and oxygen atoms in total. The number of hydrogen-bond acceptors (Lipinski definition) is 3. The van der Waals surface area contributed by atoms with Crippen LogP contribution in [0.25, 0.3) is 0 Å². The Labute approximate surface area is 130 Å². The SMILES string of the molecule is Cc1ccccc1CNC(=O)CN1CCOc2ccccc21. The summed E-state index contributed by atoms with van der Waals surface area (Å²) in [7, 11) is 0. The lowest BCUT2D eigenvalue weighted by Crippen LogP contribution is -2.41. The lowest BCUT2D eigenvalue weighted by molar-refractivity contribution is -0.120. The molecule has 0 saturated heterocycles. The Morgan fingerprint density at radius 2 is 1.95 bits per heavy atom. The first-order valence-corrected chi connectivity index (χ1v) is 7.52. The number of carbonyl (C=O) groups excluding carboxylic acids is 1. The predicted octanol–water partition coefficient (Wildman–Crippen LogP) is 2.51. The number of nitrogens with zero attached hydrogens (tertiary/aromatic N) is 1. The highest BCUT2D eigenvalue weighted by Gasteiger charge is 2.19. The van der Waals surface area contributed by atoms with Crippen LogP contribution in [0.2, 0.25) is 0 Å². The fraction of sp³-hybridized carbons (Fsp3) is 0.278. The van der Waals surface area contributed by atoms with Crippen molar-refractivity contribution in [3.63, 3.8) is 0 Å². The standard InChI is InChI=1S/C18H20N2O2/c1-14-6-2-3-7-15(14)12-19-18(21)13-20-10-11-22-17-9-5-4-8-16(17)20/h2-9H,10-13H2,1H3,(H,19,21). The summed E-state index contributed by atoms with van der Waals surface area (Å²) in [5, 5.41) is 3.00. The molecule has 2 aromatic rings. The summed E-state index contributed by atoms with van der Waals surface area (Å²) < 4.78 is 5.61. The maximum absolute atomic E-state index is 12.2. The largest absolute Gasteiger partial charge is 0.490 e. The molecule has 22 heavy (non-hydrogen) atoms. The molecule has 0 saturated carbocycles. The van der Waals surface area contributed by atoms with Gasteiger partial charge in [0.2, 0.25) is 5.91 Å². The van der Waals surface area contributed by atoms with Crippen molar-refractivity contribution in [2.75, 3.05) is 24.6 Å². The molecule has 4 heteroatoms. The smallest absolute Gasteiger partial charge is 0.239 e. The first-order valence-electron chi connectivity index (χ1n) is 7.52. The second kappa shape index (κ2) is 6.52. The predicted molar refractivity (Wildman–Crippen MR) is 87.2 cm³/mol. The molecule has 0 aliphatic carbocycles. The third-order valence-electron chi connectivity index (χ3n) is 3.90. The summed E-state index contributed by atoms with van der Waals surface area (Å²) in [5.41, 5.74) is 3.33. The van der Waals surface area contributed by atoms with Crippen molar-refractivity contribution in [2.45, 2.75) is 13.5 Å². The van der Waals surface area contributed by atoms with E-state index in [0.717, 1.165) is 23.5 Å². The van der Waals surface area contributed by atoms with Crippen molar-refractivity contribution in [1.29, 1.82) is 0 Å². The van der Waals surface area contributed by atoms with E-state index in [4.69, 9.17) is 4.74 Å². The normalized spacial score (nSPS) is 13.2. The number of rotatable bonds is 4. The molecule has 0 aromatic heterocycles. The van der Waals surface area contributed by atoms with Gasteiger partial charge in [0.15, 0.2) is 0 Å². The summed E-state index contributed by atoms with van der Waals surface area (Å²) in [6.07, 6.45) is 0. The van der Waals surface area contributed by atoms with Crippen molar-refractivity contribution >= 4 is 11.6 Å². The molecule has 3 rings (SSSR count). The van der Waals surface area contributed by atoms with E-state index in [-0.39, 0.29) is 5.91 Å². The highest BCUT2D eigenvalue weighted by molar-refractivity contribution is 5.82. The summed E-state index contributed by atoms with van der Waals surface area (Å²) in [4.78, 5) is 14.3. The van der Waals surface area contributed by atoms with E-state index < -0.39 is 0 Å². The van der Waals surface area contributed by atoms with Gasteiger partial charge in [-0.25, -0.2) is 0 Å². The van der Waals surface area contributed by atoms with E-state index in [1.165, 1.54) is 5.56 Å². The monoisotopic (exact) mass is 296 g/mol. The summed E-state index contributed by atoms with van der Waals surface area (Å²) in [6, 6.07) is 15.9. The molecule has 0 fully saturated rings. The minimum absolute atomic E-state index is 0.0277. The average molecular weight is 296 g/mol.